The second-order valence-electron chi connectivity index (χ2n) is 6.67. The second kappa shape index (κ2) is 7.56. The Morgan fingerprint density at radius 3 is 2.90 bits per heavy atom. The van der Waals surface area contributed by atoms with E-state index in [0.29, 0.717) is 5.92 Å². The fourth-order valence-electron chi connectivity index (χ4n) is 4.25. The van der Waals surface area contributed by atoms with Gasteiger partial charge in [-0.1, -0.05) is 6.42 Å². The molecule has 5 nitrogen and oxygen atoms in total. The van der Waals surface area contributed by atoms with Gasteiger partial charge in [0.2, 0.25) is 0 Å². The molecule has 1 saturated heterocycles. The molecule has 5 heteroatoms. The molecule has 0 spiro atoms. The van der Waals surface area contributed by atoms with Gasteiger partial charge >= 0.3 is 5.97 Å². The number of nitrogens with zero attached hydrogens (tertiary/aromatic N) is 1. The second-order valence-corrected chi connectivity index (χ2v) is 6.67. The normalized spacial score (nSPS) is 34.2. The Bertz CT molecular complexity index is 348. The topological polar surface area (TPSA) is 61.8 Å². The zero-order valence-electron chi connectivity index (χ0n) is 13.4. The molecule has 0 radical (unpaired) electrons. The van der Waals surface area contributed by atoms with Gasteiger partial charge in [0.15, 0.2) is 0 Å². The van der Waals surface area contributed by atoms with Crippen molar-refractivity contribution >= 4 is 5.97 Å². The number of carboxylic acid groups (broad SMARTS) is 1. The molecule has 122 valence electrons. The first-order valence-corrected chi connectivity index (χ1v) is 8.26. The van der Waals surface area contributed by atoms with Crippen molar-refractivity contribution in [3.05, 3.63) is 0 Å². The quantitative estimate of drug-likeness (QED) is 0.747. The van der Waals surface area contributed by atoms with E-state index in [1.807, 2.05) is 0 Å². The standard InChI is InChI=1S/C16H30N2O3/c1-17-16(15(19)20)8-3-6-14(16)7-10-18-9-4-5-13(11-18)12-21-2/h13-14,17H,3-12H2,1-2H3,(H,19,20). The van der Waals surface area contributed by atoms with Crippen LogP contribution >= 0.6 is 0 Å². The average Bonchev–Trinajstić information content (AvgIpc) is 2.90. The first-order chi connectivity index (χ1) is 10.1. The molecule has 2 aliphatic rings. The molecular formula is C16H30N2O3. The fraction of sp³-hybridized carbons (Fsp3) is 0.938. The Hall–Kier alpha value is -0.650. The van der Waals surface area contributed by atoms with Crippen LogP contribution in [-0.4, -0.2) is 61.9 Å². The highest BCUT2D eigenvalue weighted by Crippen LogP contribution is 2.38. The van der Waals surface area contributed by atoms with Crippen molar-refractivity contribution in [3.8, 4) is 0 Å². The molecule has 0 amide bonds. The molecule has 1 aliphatic carbocycles. The van der Waals surface area contributed by atoms with Crippen LogP contribution in [0, 0.1) is 11.8 Å². The van der Waals surface area contributed by atoms with E-state index in [2.05, 4.69) is 10.2 Å². The highest BCUT2D eigenvalue weighted by atomic mass is 16.5. The van der Waals surface area contributed by atoms with Gasteiger partial charge in [-0.25, -0.2) is 0 Å². The monoisotopic (exact) mass is 298 g/mol. The van der Waals surface area contributed by atoms with Crippen LogP contribution < -0.4 is 5.32 Å². The van der Waals surface area contributed by atoms with E-state index in [0.717, 1.165) is 51.9 Å². The maximum Gasteiger partial charge on any atom is 0.324 e. The van der Waals surface area contributed by atoms with Crippen molar-refractivity contribution < 1.29 is 14.6 Å². The molecule has 2 fully saturated rings. The summed E-state index contributed by atoms with van der Waals surface area (Å²) in [7, 11) is 3.56. The number of carbonyl (C=O) groups is 1. The SMILES string of the molecule is CNC1(C(=O)O)CCCC1CCN1CCCC(COC)C1. The molecule has 0 bridgehead atoms. The van der Waals surface area contributed by atoms with Gasteiger partial charge < -0.3 is 20.1 Å². The number of carboxylic acids is 1. The van der Waals surface area contributed by atoms with E-state index in [4.69, 9.17) is 4.74 Å². The van der Waals surface area contributed by atoms with Gasteiger partial charge in [-0.3, -0.25) is 4.79 Å². The molecule has 0 aromatic heterocycles. The molecule has 1 aliphatic heterocycles. The number of nitrogens with one attached hydrogen (secondary N) is 1. The Morgan fingerprint density at radius 1 is 1.43 bits per heavy atom. The van der Waals surface area contributed by atoms with Crippen LogP contribution in [0.1, 0.15) is 38.5 Å². The van der Waals surface area contributed by atoms with Crippen molar-refractivity contribution in [1.29, 1.82) is 0 Å². The summed E-state index contributed by atoms with van der Waals surface area (Å²) < 4.78 is 5.28. The lowest BCUT2D eigenvalue weighted by Gasteiger charge is -2.35. The minimum Gasteiger partial charge on any atom is -0.480 e. The number of likely N-dealkylation sites (N-methyl/N-ethyl adjacent to an activating group) is 1. The third-order valence-electron chi connectivity index (χ3n) is 5.45. The first-order valence-electron chi connectivity index (χ1n) is 8.26. The Balaban J connectivity index is 1.85. The molecule has 1 saturated carbocycles. The zero-order chi connectivity index (χ0) is 15.3. The summed E-state index contributed by atoms with van der Waals surface area (Å²) in [6, 6.07) is 0. The van der Waals surface area contributed by atoms with Crippen molar-refractivity contribution in [2.75, 3.05) is 40.4 Å². The Morgan fingerprint density at radius 2 is 2.24 bits per heavy atom. The number of hydrogen-bond acceptors (Lipinski definition) is 4. The number of piperidine rings is 1. The van der Waals surface area contributed by atoms with E-state index >= 15 is 0 Å². The van der Waals surface area contributed by atoms with Gasteiger partial charge in [-0.2, -0.15) is 0 Å². The number of aliphatic carboxylic acids is 1. The van der Waals surface area contributed by atoms with Crippen LogP contribution in [0.3, 0.4) is 0 Å². The van der Waals surface area contributed by atoms with Crippen LogP contribution in [0.2, 0.25) is 0 Å². The summed E-state index contributed by atoms with van der Waals surface area (Å²) in [6.07, 6.45) is 6.27. The lowest BCUT2D eigenvalue weighted by molar-refractivity contribution is -0.146. The lowest BCUT2D eigenvalue weighted by Crippen LogP contribution is -2.53. The molecule has 0 aromatic rings. The van der Waals surface area contributed by atoms with Crippen molar-refractivity contribution in [2.45, 2.75) is 44.1 Å². The lowest BCUT2D eigenvalue weighted by atomic mass is 9.84. The van der Waals surface area contributed by atoms with Crippen LogP contribution in [-0.2, 0) is 9.53 Å². The zero-order valence-corrected chi connectivity index (χ0v) is 13.4. The van der Waals surface area contributed by atoms with Gasteiger partial charge in [0.1, 0.15) is 5.54 Å². The van der Waals surface area contributed by atoms with Gasteiger partial charge in [-0.15, -0.1) is 0 Å². The van der Waals surface area contributed by atoms with Crippen molar-refractivity contribution in [1.82, 2.24) is 10.2 Å². The molecule has 21 heavy (non-hydrogen) atoms. The van der Waals surface area contributed by atoms with E-state index in [1.54, 1.807) is 14.2 Å². The van der Waals surface area contributed by atoms with E-state index in [1.165, 1.54) is 12.8 Å². The molecule has 1 heterocycles. The maximum absolute atomic E-state index is 11.7. The number of hydrogen-bond donors (Lipinski definition) is 2. The van der Waals surface area contributed by atoms with Crippen molar-refractivity contribution in [2.24, 2.45) is 11.8 Å². The predicted octanol–water partition coefficient (Wildman–Crippen LogP) is 1.58. The first kappa shape index (κ1) is 16.7. The van der Waals surface area contributed by atoms with Gasteiger partial charge in [0.05, 0.1) is 6.61 Å². The van der Waals surface area contributed by atoms with Gasteiger partial charge in [0.25, 0.3) is 0 Å². The minimum absolute atomic E-state index is 0.253. The van der Waals surface area contributed by atoms with E-state index in [-0.39, 0.29) is 5.92 Å². The largest absolute Gasteiger partial charge is 0.480 e. The molecule has 3 atom stereocenters. The van der Waals surface area contributed by atoms with Crippen LogP contribution in [0.15, 0.2) is 0 Å². The average molecular weight is 298 g/mol. The van der Waals surface area contributed by atoms with E-state index < -0.39 is 11.5 Å². The summed E-state index contributed by atoms with van der Waals surface area (Å²) in [5.41, 5.74) is -0.693. The smallest absolute Gasteiger partial charge is 0.324 e. The number of likely N-dealkylation sites (tertiary alicyclic amines) is 1. The molecule has 2 N–H and O–H groups in total. The van der Waals surface area contributed by atoms with E-state index in [9.17, 15) is 9.90 Å². The minimum atomic E-state index is -0.693. The molecule has 2 rings (SSSR count). The van der Waals surface area contributed by atoms with Crippen LogP contribution in [0.5, 0.6) is 0 Å². The predicted molar refractivity (Wildman–Crippen MR) is 82.4 cm³/mol. The molecule has 3 unspecified atom stereocenters. The highest BCUT2D eigenvalue weighted by molar-refractivity contribution is 5.79. The summed E-state index contributed by atoms with van der Waals surface area (Å²) in [4.78, 5) is 14.2. The van der Waals surface area contributed by atoms with Crippen LogP contribution in [0.4, 0.5) is 0 Å². The maximum atomic E-state index is 11.7. The highest BCUT2D eigenvalue weighted by Gasteiger charge is 2.47. The van der Waals surface area contributed by atoms with Crippen molar-refractivity contribution in [3.63, 3.8) is 0 Å². The summed E-state index contributed by atoms with van der Waals surface area (Å²) in [5.74, 6) is 0.215. The van der Waals surface area contributed by atoms with Gasteiger partial charge in [-0.05, 0) is 64.1 Å². The third-order valence-corrected chi connectivity index (χ3v) is 5.45. The number of rotatable bonds is 7. The molecule has 0 aromatic carbocycles. The number of methoxy groups -OCH3 is 1. The Kier molecular flexibility index (Phi) is 6.02. The third kappa shape index (κ3) is 3.76. The van der Waals surface area contributed by atoms with Crippen LogP contribution in [0.25, 0.3) is 0 Å². The summed E-state index contributed by atoms with van der Waals surface area (Å²) in [5, 5.41) is 12.7. The van der Waals surface area contributed by atoms with Gasteiger partial charge in [0, 0.05) is 13.7 Å². The number of ether oxygens (including phenoxy) is 1. The summed E-state index contributed by atoms with van der Waals surface area (Å²) >= 11 is 0. The Labute approximate surface area is 128 Å². The summed E-state index contributed by atoms with van der Waals surface area (Å²) in [6.45, 7) is 4.10. The molecular weight excluding hydrogens is 268 g/mol. The fourth-order valence-corrected chi connectivity index (χ4v) is 4.25.